The molecule has 0 unspecified atom stereocenters. The molecule has 2 heterocycles. The summed E-state index contributed by atoms with van der Waals surface area (Å²) in [5.41, 5.74) is 7.69. The molecule has 7 nitrogen and oxygen atoms in total. The Balaban J connectivity index is 1.83. The third-order valence-corrected chi connectivity index (χ3v) is 4.15. The first kappa shape index (κ1) is 14.3. The third kappa shape index (κ3) is 2.86. The maximum atomic E-state index is 10.9. The molecule has 5 N–H and O–H groups in total. The molecule has 0 aliphatic rings. The highest BCUT2D eigenvalue weighted by molar-refractivity contribution is 7.21. The first-order valence-corrected chi connectivity index (χ1v) is 7.65. The number of anilines is 2. The summed E-state index contributed by atoms with van der Waals surface area (Å²) in [7, 11) is 0. The number of aromatic amines is 1. The van der Waals surface area contributed by atoms with Gasteiger partial charge in [-0.15, -0.1) is 11.3 Å². The molecule has 0 bridgehead atoms. The van der Waals surface area contributed by atoms with Gasteiger partial charge in [-0.1, -0.05) is 12.1 Å². The number of carbonyl (C=O) groups excluding carboxylic acids is 1. The van der Waals surface area contributed by atoms with E-state index in [1.807, 2.05) is 24.3 Å². The van der Waals surface area contributed by atoms with Crippen molar-refractivity contribution in [2.24, 2.45) is 0 Å². The fourth-order valence-corrected chi connectivity index (χ4v) is 3.12. The number of amides is 1. The summed E-state index contributed by atoms with van der Waals surface area (Å²) in [6.07, 6.45) is 0. The second kappa shape index (κ2) is 6.02. The minimum absolute atomic E-state index is 0.0604. The van der Waals surface area contributed by atoms with Crippen LogP contribution in [-0.2, 0) is 4.79 Å². The number of thiazole rings is 1. The van der Waals surface area contributed by atoms with Crippen molar-refractivity contribution in [1.29, 1.82) is 0 Å². The number of benzene rings is 1. The van der Waals surface area contributed by atoms with E-state index in [4.69, 9.17) is 5.73 Å². The van der Waals surface area contributed by atoms with E-state index < -0.39 is 0 Å². The molecular formula is C14H16N6OS. The van der Waals surface area contributed by atoms with Crippen molar-refractivity contribution in [2.45, 2.75) is 6.92 Å². The molecule has 0 aliphatic heterocycles. The fourth-order valence-electron chi connectivity index (χ4n) is 2.10. The number of aromatic nitrogens is 3. The van der Waals surface area contributed by atoms with E-state index >= 15 is 0 Å². The van der Waals surface area contributed by atoms with Gasteiger partial charge in [0.1, 0.15) is 10.8 Å². The number of nitrogens with two attached hydrogens (primary N) is 1. The summed E-state index contributed by atoms with van der Waals surface area (Å²) in [4.78, 5) is 15.5. The number of nitrogens with zero attached hydrogens (tertiary/aromatic N) is 2. The Bertz CT molecular complexity index is 776. The van der Waals surface area contributed by atoms with Gasteiger partial charge in [-0.05, 0) is 12.1 Å². The van der Waals surface area contributed by atoms with Crippen molar-refractivity contribution in [1.82, 2.24) is 20.5 Å². The molecule has 114 valence electrons. The number of hydrogen-bond acceptors (Lipinski definition) is 6. The van der Waals surface area contributed by atoms with Gasteiger partial charge in [-0.2, -0.15) is 5.10 Å². The Kier molecular flexibility index (Phi) is 3.92. The molecular weight excluding hydrogens is 300 g/mol. The standard InChI is InChI=1S/C14H16N6OS/c1-8(21)16-6-7-17-13-11(12(15)19-20-13)14-18-9-4-2-3-5-10(9)22-14/h2-5H,6-7H2,1H3,(H,16,21)(H4,15,17,19,20). The van der Waals surface area contributed by atoms with Crippen LogP contribution in [-0.4, -0.2) is 34.2 Å². The van der Waals surface area contributed by atoms with Crippen LogP contribution in [0, 0.1) is 0 Å². The van der Waals surface area contributed by atoms with E-state index in [-0.39, 0.29) is 5.91 Å². The molecule has 22 heavy (non-hydrogen) atoms. The lowest BCUT2D eigenvalue weighted by molar-refractivity contribution is -0.118. The number of para-hydroxylation sites is 1. The van der Waals surface area contributed by atoms with Gasteiger partial charge in [0.05, 0.1) is 15.8 Å². The van der Waals surface area contributed by atoms with Crippen LogP contribution >= 0.6 is 11.3 Å². The molecule has 1 aromatic carbocycles. The Hall–Kier alpha value is -2.61. The highest BCUT2D eigenvalue weighted by Gasteiger charge is 2.17. The Morgan fingerprint density at radius 2 is 2.18 bits per heavy atom. The third-order valence-electron chi connectivity index (χ3n) is 3.09. The van der Waals surface area contributed by atoms with Crippen molar-refractivity contribution in [3.8, 4) is 10.6 Å². The van der Waals surface area contributed by atoms with Gasteiger partial charge in [0, 0.05) is 20.0 Å². The fraction of sp³-hybridized carbons (Fsp3) is 0.214. The lowest BCUT2D eigenvalue weighted by Crippen LogP contribution is -2.26. The molecule has 0 spiro atoms. The predicted molar refractivity (Wildman–Crippen MR) is 88.8 cm³/mol. The molecule has 0 aliphatic carbocycles. The molecule has 3 aromatic rings. The largest absolute Gasteiger partial charge is 0.383 e. The molecule has 2 aromatic heterocycles. The van der Waals surface area contributed by atoms with E-state index in [1.165, 1.54) is 6.92 Å². The summed E-state index contributed by atoms with van der Waals surface area (Å²) >= 11 is 1.57. The molecule has 0 radical (unpaired) electrons. The van der Waals surface area contributed by atoms with Crippen molar-refractivity contribution < 1.29 is 4.79 Å². The number of fused-ring (bicyclic) bond motifs is 1. The highest BCUT2D eigenvalue weighted by Crippen LogP contribution is 2.36. The van der Waals surface area contributed by atoms with Gasteiger partial charge in [-0.3, -0.25) is 9.89 Å². The van der Waals surface area contributed by atoms with Crippen molar-refractivity contribution in [3.63, 3.8) is 0 Å². The zero-order valence-electron chi connectivity index (χ0n) is 12.0. The van der Waals surface area contributed by atoms with Crippen molar-refractivity contribution >= 4 is 39.1 Å². The molecule has 1 amide bonds. The van der Waals surface area contributed by atoms with E-state index in [0.717, 1.165) is 20.8 Å². The minimum Gasteiger partial charge on any atom is -0.383 e. The number of rotatable bonds is 5. The second-order valence-electron chi connectivity index (χ2n) is 4.76. The van der Waals surface area contributed by atoms with Gasteiger partial charge in [0.25, 0.3) is 0 Å². The number of carbonyl (C=O) groups is 1. The summed E-state index contributed by atoms with van der Waals surface area (Å²) in [5.74, 6) is 1.05. The van der Waals surface area contributed by atoms with Crippen LogP contribution in [0.2, 0.25) is 0 Å². The van der Waals surface area contributed by atoms with E-state index in [1.54, 1.807) is 11.3 Å². The molecule has 0 saturated carbocycles. The number of hydrogen-bond donors (Lipinski definition) is 4. The topological polar surface area (TPSA) is 109 Å². The minimum atomic E-state index is -0.0604. The Morgan fingerprint density at radius 3 is 2.95 bits per heavy atom. The average Bonchev–Trinajstić information content (AvgIpc) is 3.06. The normalized spacial score (nSPS) is 10.8. The van der Waals surface area contributed by atoms with E-state index in [2.05, 4.69) is 25.8 Å². The van der Waals surface area contributed by atoms with Crippen LogP contribution in [0.1, 0.15) is 6.92 Å². The number of nitrogens with one attached hydrogen (secondary N) is 3. The Labute approximate surface area is 130 Å². The summed E-state index contributed by atoms with van der Waals surface area (Å²) in [5, 5.41) is 13.6. The van der Waals surface area contributed by atoms with E-state index in [9.17, 15) is 4.79 Å². The predicted octanol–water partition coefficient (Wildman–Crippen LogP) is 1.82. The van der Waals surface area contributed by atoms with Crippen LogP contribution in [0.4, 0.5) is 11.6 Å². The smallest absolute Gasteiger partial charge is 0.216 e. The number of nitrogen functional groups attached to an aromatic ring is 1. The van der Waals surface area contributed by atoms with Gasteiger partial charge in [0.2, 0.25) is 5.91 Å². The van der Waals surface area contributed by atoms with Gasteiger partial charge in [0.15, 0.2) is 5.82 Å². The molecule has 8 heteroatoms. The molecule has 0 atom stereocenters. The van der Waals surface area contributed by atoms with Crippen LogP contribution in [0.3, 0.4) is 0 Å². The maximum Gasteiger partial charge on any atom is 0.216 e. The summed E-state index contributed by atoms with van der Waals surface area (Å²) < 4.78 is 1.10. The first-order valence-electron chi connectivity index (χ1n) is 6.83. The first-order chi connectivity index (χ1) is 10.6. The van der Waals surface area contributed by atoms with Crippen LogP contribution in [0.15, 0.2) is 24.3 Å². The van der Waals surface area contributed by atoms with Gasteiger partial charge in [-0.25, -0.2) is 4.98 Å². The van der Waals surface area contributed by atoms with Crippen LogP contribution in [0.5, 0.6) is 0 Å². The van der Waals surface area contributed by atoms with Gasteiger partial charge >= 0.3 is 0 Å². The highest BCUT2D eigenvalue weighted by atomic mass is 32.1. The van der Waals surface area contributed by atoms with E-state index in [0.29, 0.717) is 24.7 Å². The summed E-state index contributed by atoms with van der Waals surface area (Å²) in [6, 6.07) is 7.93. The SMILES string of the molecule is CC(=O)NCCNc1n[nH]c(N)c1-c1nc2ccccc2s1. The lowest BCUT2D eigenvalue weighted by Gasteiger charge is -2.05. The molecule has 0 fully saturated rings. The zero-order valence-corrected chi connectivity index (χ0v) is 12.8. The lowest BCUT2D eigenvalue weighted by atomic mass is 10.3. The van der Waals surface area contributed by atoms with Crippen LogP contribution < -0.4 is 16.4 Å². The van der Waals surface area contributed by atoms with Crippen molar-refractivity contribution in [3.05, 3.63) is 24.3 Å². The second-order valence-corrected chi connectivity index (χ2v) is 5.79. The average molecular weight is 316 g/mol. The van der Waals surface area contributed by atoms with Crippen LogP contribution in [0.25, 0.3) is 20.8 Å². The zero-order chi connectivity index (χ0) is 15.5. The molecule has 3 rings (SSSR count). The molecule has 0 saturated heterocycles. The number of H-pyrrole nitrogens is 1. The van der Waals surface area contributed by atoms with Gasteiger partial charge < -0.3 is 16.4 Å². The quantitative estimate of drug-likeness (QED) is 0.537. The maximum absolute atomic E-state index is 10.9. The summed E-state index contributed by atoms with van der Waals surface area (Å²) in [6.45, 7) is 2.56. The Morgan fingerprint density at radius 1 is 1.36 bits per heavy atom. The van der Waals surface area contributed by atoms with Crippen molar-refractivity contribution in [2.75, 3.05) is 24.1 Å². The monoisotopic (exact) mass is 316 g/mol.